The zero-order chi connectivity index (χ0) is 14.8. The summed E-state index contributed by atoms with van der Waals surface area (Å²) >= 11 is 3.30. The zero-order valence-electron chi connectivity index (χ0n) is 12.5. The first-order valence-corrected chi connectivity index (χ1v) is 8.08. The molecule has 20 heavy (non-hydrogen) atoms. The van der Waals surface area contributed by atoms with Gasteiger partial charge < -0.3 is 4.90 Å². The highest BCUT2D eigenvalue weighted by Crippen LogP contribution is 2.34. The highest BCUT2D eigenvalue weighted by molar-refractivity contribution is 9.10. The molecule has 0 N–H and O–H groups in total. The Morgan fingerprint density at radius 2 is 2.05 bits per heavy atom. The lowest BCUT2D eigenvalue weighted by molar-refractivity contribution is 0.0755. The quantitative estimate of drug-likeness (QED) is 0.721. The number of likely N-dealkylation sites (tertiary alicyclic amines) is 1. The maximum Gasteiger partial charge on any atom is 0.255 e. The van der Waals surface area contributed by atoms with Crippen molar-refractivity contribution in [2.75, 3.05) is 13.1 Å². The molecule has 1 saturated heterocycles. The minimum atomic E-state index is 0.111. The third-order valence-electron chi connectivity index (χ3n) is 4.21. The summed E-state index contributed by atoms with van der Waals surface area (Å²) < 4.78 is 0.762. The summed E-state index contributed by atoms with van der Waals surface area (Å²) in [5.41, 5.74) is 1.01. The lowest BCUT2D eigenvalue weighted by Crippen LogP contribution is -2.32. The summed E-state index contributed by atoms with van der Waals surface area (Å²) in [6.07, 6.45) is 5.06. The van der Waals surface area contributed by atoms with Crippen LogP contribution in [0.1, 0.15) is 50.4 Å². The van der Waals surface area contributed by atoms with Crippen LogP contribution in [-0.2, 0) is 0 Å². The van der Waals surface area contributed by atoms with Gasteiger partial charge in [-0.25, -0.2) is 4.98 Å². The molecule has 0 bridgehead atoms. The number of pyridine rings is 1. The molecule has 0 aromatic carbocycles. The molecule has 1 atom stereocenters. The number of hydrogen-bond donors (Lipinski definition) is 0. The monoisotopic (exact) mass is 338 g/mol. The number of nitrogens with zero attached hydrogens (tertiary/aromatic N) is 2. The molecule has 0 radical (unpaired) electrons. The van der Waals surface area contributed by atoms with Crippen LogP contribution in [0.4, 0.5) is 0 Å². The molecule has 0 spiro atoms. The van der Waals surface area contributed by atoms with Crippen LogP contribution in [0, 0.1) is 11.3 Å². The van der Waals surface area contributed by atoms with Gasteiger partial charge in [-0.15, -0.1) is 0 Å². The van der Waals surface area contributed by atoms with Crippen molar-refractivity contribution in [1.82, 2.24) is 9.88 Å². The lowest BCUT2D eigenvalue weighted by Gasteiger charge is -2.29. The fraction of sp³-hybridized carbons (Fsp3) is 0.625. The molecular weight excluding hydrogens is 316 g/mol. The largest absolute Gasteiger partial charge is 0.339 e. The van der Waals surface area contributed by atoms with Gasteiger partial charge in [-0.05, 0) is 58.7 Å². The summed E-state index contributed by atoms with van der Waals surface area (Å²) in [6.45, 7) is 8.62. The van der Waals surface area contributed by atoms with Crippen LogP contribution in [-0.4, -0.2) is 28.9 Å². The van der Waals surface area contributed by atoms with Crippen molar-refractivity contribution in [2.24, 2.45) is 11.3 Å². The Labute approximate surface area is 129 Å². The van der Waals surface area contributed by atoms with Crippen LogP contribution in [0.15, 0.2) is 22.9 Å². The van der Waals surface area contributed by atoms with E-state index in [1.807, 2.05) is 17.0 Å². The van der Waals surface area contributed by atoms with Gasteiger partial charge in [0.05, 0.1) is 5.56 Å². The molecule has 2 rings (SSSR count). The van der Waals surface area contributed by atoms with Gasteiger partial charge in [0.25, 0.3) is 5.91 Å². The predicted octanol–water partition coefficient (Wildman–Crippen LogP) is 4.13. The Bertz CT molecular complexity index is 464. The molecule has 4 heteroatoms. The summed E-state index contributed by atoms with van der Waals surface area (Å²) in [5.74, 6) is 0.808. The maximum atomic E-state index is 12.5. The number of carbonyl (C=O) groups excluding carboxylic acids is 1. The smallest absolute Gasteiger partial charge is 0.255 e. The van der Waals surface area contributed by atoms with Crippen LogP contribution < -0.4 is 0 Å². The Balaban J connectivity index is 2.03. The molecule has 1 aromatic rings. The fourth-order valence-corrected chi connectivity index (χ4v) is 3.08. The minimum absolute atomic E-state index is 0.111. The van der Waals surface area contributed by atoms with E-state index in [1.54, 1.807) is 6.20 Å². The fourth-order valence-electron chi connectivity index (χ4n) is 2.85. The molecule has 3 nitrogen and oxygen atoms in total. The van der Waals surface area contributed by atoms with Crippen LogP contribution in [0.25, 0.3) is 0 Å². The molecule has 1 aliphatic rings. The highest BCUT2D eigenvalue weighted by atomic mass is 79.9. The molecule has 110 valence electrons. The second kappa shape index (κ2) is 6.25. The van der Waals surface area contributed by atoms with Gasteiger partial charge in [0, 0.05) is 19.3 Å². The van der Waals surface area contributed by atoms with E-state index < -0.39 is 0 Å². The first kappa shape index (κ1) is 15.5. The molecule has 1 fully saturated rings. The van der Waals surface area contributed by atoms with Crippen LogP contribution in [0.3, 0.4) is 0 Å². The van der Waals surface area contributed by atoms with E-state index in [0.29, 0.717) is 16.9 Å². The third-order valence-corrected chi connectivity index (χ3v) is 4.68. The molecule has 0 saturated carbocycles. The molecule has 1 aliphatic heterocycles. The van der Waals surface area contributed by atoms with Crippen LogP contribution in [0.5, 0.6) is 0 Å². The number of aromatic nitrogens is 1. The Hall–Kier alpha value is -0.900. The van der Waals surface area contributed by atoms with E-state index in [4.69, 9.17) is 0 Å². The van der Waals surface area contributed by atoms with Crippen LogP contribution >= 0.6 is 15.9 Å². The molecular formula is C16H23BrN2O. The molecule has 1 unspecified atom stereocenters. The summed E-state index contributed by atoms with van der Waals surface area (Å²) in [5, 5.41) is 0. The first-order chi connectivity index (χ1) is 9.38. The summed E-state index contributed by atoms with van der Waals surface area (Å²) in [6, 6.07) is 3.66. The van der Waals surface area contributed by atoms with E-state index in [9.17, 15) is 4.79 Å². The Morgan fingerprint density at radius 1 is 1.30 bits per heavy atom. The second-order valence-corrected chi connectivity index (χ2v) is 7.47. The Morgan fingerprint density at radius 3 is 2.65 bits per heavy atom. The number of amides is 1. The maximum absolute atomic E-state index is 12.5. The topological polar surface area (TPSA) is 33.2 Å². The first-order valence-electron chi connectivity index (χ1n) is 7.29. The number of rotatable bonds is 1. The predicted molar refractivity (Wildman–Crippen MR) is 84.6 cm³/mol. The SMILES string of the molecule is CC(C)(C)C1CCCN(C(=O)c2ccc(Br)nc2)CC1. The average Bonchev–Trinajstić information content (AvgIpc) is 2.64. The zero-order valence-corrected chi connectivity index (χ0v) is 14.1. The number of halogens is 1. The van der Waals surface area contributed by atoms with Crippen molar-refractivity contribution < 1.29 is 4.79 Å². The van der Waals surface area contributed by atoms with E-state index in [1.165, 1.54) is 6.42 Å². The van der Waals surface area contributed by atoms with Gasteiger partial charge in [0.15, 0.2) is 0 Å². The second-order valence-electron chi connectivity index (χ2n) is 6.66. The van der Waals surface area contributed by atoms with Crippen molar-refractivity contribution in [3.8, 4) is 0 Å². The standard InChI is InChI=1S/C16H23BrN2O/c1-16(2,3)13-5-4-9-19(10-8-13)15(20)12-6-7-14(17)18-11-12/h6-7,11,13H,4-5,8-10H2,1-3H3. The van der Waals surface area contributed by atoms with Gasteiger partial charge in [-0.3, -0.25) is 4.79 Å². The van der Waals surface area contributed by atoms with Gasteiger partial charge in [-0.2, -0.15) is 0 Å². The van der Waals surface area contributed by atoms with Gasteiger partial charge in [0.2, 0.25) is 0 Å². The number of hydrogen-bond acceptors (Lipinski definition) is 2. The van der Waals surface area contributed by atoms with E-state index in [2.05, 4.69) is 41.7 Å². The summed E-state index contributed by atoms with van der Waals surface area (Å²) in [4.78, 5) is 18.6. The average molecular weight is 339 g/mol. The van der Waals surface area contributed by atoms with Crippen molar-refractivity contribution in [1.29, 1.82) is 0 Å². The highest BCUT2D eigenvalue weighted by Gasteiger charge is 2.28. The van der Waals surface area contributed by atoms with E-state index in [0.717, 1.165) is 30.5 Å². The van der Waals surface area contributed by atoms with Gasteiger partial charge in [0.1, 0.15) is 4.60 Å². The molecule has 1 aromatic heterocycles. The number of carbonyl (C=O) groups is 1. The van der Waals surface area contributed by atoms with Crippen molar-refractivity contribution in [3.63, 3.8) is 0 Å². The minimum Gasteiger partial charge on any atom is -0.339 e. The normalized spacial score (nSPS) is 20.6. The molecule has 1 amide bonds. The van der Waals surface area contributed by atoms with Crippen molar-refractivity contribution in [2.45, 2.75) is 40.0 Å². The van der Waals surface area contributed by atoms with Crippen molar-refractivity contribution >= 4 is 21.8 Å². The Kier molecular flexibility index (Phi) is 4.84. The van der Waals surface area contributed by atoms with Gasteiger partial charge in [-0.1, -0.05) is 20.8 Å². The van der Waals surface area contributed by atoms with E-state index >= 15 is 0 Å². The molecule has 0 aliphatic carbocycles. The summed E-state index contributed by atoms with van der Waals surface area (Å²) in [7, 11) is 0. The van der Waals surface area contributed by atoms with Gasteiger partial charge >= 0.3 is 0 Å². The van der Waals surface area contributed by atoms with E-state index in [-0.39, 0.29) is 5.91 Å². The van der Waals surface area contributed by atoms with Crippen LogP contribution in [0.2, 0.25) is 0 Å². The lowest BCUT2D eigenvalue weighted by atomic mass is 9.77. The molecule has 2 heterocycles. The van der Waals surface area contributed by atoms with Crippen molar-refractivity contribution in [3.05, 3.63) is 28.5 Å². The third kappa shape index (κ3) is 3.81.